The summed E-state index contributed by atoms with van der Waals surface area (Å²) in [6.07, 6.45) is 2.87. The van der Waals surface area contributed by atoms with E-state index in [1.807, 2.05) is 0 Å². The summed E-state index contributed by atoms with van der Waals surface area (Å²) in [6, 6.07) is -0.554. The molecule has 0 fully saturated rings. The van der Waals surface area contributed by atoms with Gasteiger partial charge in [-0.1, -0.05) is 20.3 Å². The monoisotopic (exact) mass is 231 g/mol. The van der Waals surface area contributed by atoms with Crippen molar-refractivity contribution in [3.63, 3.8) is 0 Å². The number of hydrogen-bond acceptors (Lipinski definition) is 4. The van der Waals surface area contributed by atoms with E-state index in [1.54, 1.807) is 6.92 Å². The first-order chi connectivity index (χ1) is 7.61. The maximum absolute atomic E-state index is 11.2. The standard InChI is InChI=1S/C12H25NO3/c1-4-6-10(3)9-15-8-7-11(13)12(14)16-5-2/h10-11H,4-9,13H2,1-3H3. The van der Waals surface area contributed by atoms with Gasteiger partial charge in [0.1, 0.15) is 6.04 Å². The molecule has 4 heteroatoms. The third-order valence-corrected chi connectivity index (χ3v) is 2.35. The lowest BCUT2D eigenvalue weighted by Gasteiger charge is -2.13. The molecule has 0 saturated heterocycles. The first-order valence-electron chi connectivity index (χ1n) is 6.11. The maximum Gasteiger partial charge on any atom is 0.322 e. The Morgan fingerprint density at radius 3 is 2.56 bits per heavy atom. The molecule has 2 unspecified atom stereocenters. The Hall–Kier alpha value is -0.610. The molecule has 2 atom stereocenters. The van der Waals surface area contributed by atoms with Crippen molar-refractivity contribution in [2.45, 2.75) is 46.1 Å². The fraction of sp³-hybridized carbons (Fsp3) is 0.917. The van der Waals surface area contributed by atoms with Crippen LogP contribution in [0.5, 0.6) is 0 Å². The number of carbonyl (C=O) groups is 1. The summed E-state index contributed by atoms with van der Waals surface area (Å²) >= 11 is 0. The summed E-state index contributed by atoms with van der Waals surface area (Å²) in [5.74, 6) is 0.233. The second-order valence-corrected chi connectivity index (χ2v) is 4.12. The highest BCUT2D eigenvalue weighted by Crippen LogP contribution is 2.05. The molecule has 0 amide bonds. The van der Waals surface area contributed by atoms with Crippen molar-refractivity contribution in [1.82, 2.24) is 0 Å². The van der Waals surface area contributed by atoms with Crippen molar-refractivity contribution < 1.29 is 14.3 Å². The van der Waals surface area contributed by atoms with Crippen LogP contribution in [-0.4, -0.2) is 31.8 Å². The summed E-state index contributed by atoms with van der Waals surface area (Å²) in [4.78, 5) is 11.2. The largest absolute Gasteiger partial charge is 0.465 e. The first-order valence-corrected chi connectivity index (χ1v) is 6.11. The third-order valence-electron chi connectivity index (χ3n) is 2.35. The van der Waals surface area contributed by atoms with Crippen molar-refractivity contribution in [3.05, 3.63) is 0 Å². The van der Waals surface area contributed by atoms with Crippen LogP contribution in [0.3, 0.4) is 0 Å². The zero-order valence-electron chi connectivity index (χ0n) is 10.7. The van der Waals surface area contributed by atoms with Crippen molar-refractivity contribution in [3.8, 4) is 0 Å². The molecule has 0 saturated carbocycles. The van der Waals surface area contributed by atoms with Gasteiger partial charge in [0.15, 0.2) is 0 Å². The summed E-state index contributed by atoms with van der Waals surface area (Å²) in [5, 5.41) is 0. The van der Waals surface area contributed by atoms with E-state index < -0.39 is 6.04 Å². The van der Waals surface area contributed by atoms with E-state index in [2.05, 4.69) is 13.8 Å². The van der Waals surface area contributed by atoms with Gasteiger partial charge in [0, 0.05) is 13.2 Å². The van der Waals surface area contributed by atoms with Crippen LogP contribution in [0, 0.1) is 5.92 Å². The molecule has 0 radical (unpaired) electrons. The van der Waals surface area contributed by atoms with E-state index in [-0.39, 0.29) is 5.97 Å². The van der Waals surface area contributed by atoms with Crippen LogP contribution in [0.2, 0.25) is 0 Å². The van der Waals surface area contributed by atoms with Crippen LogP contribution < -0.4 is 5.73 Å². The second-order valence-electron chi connectivity index (χ2n) is 4.12. The van der Waals surface area contributed by atoms with E-state index in [9.17, 15) is 4.79 Å². The molecule has 0 aliphatic rings. The second kappa shape index (κ2) is 9.60. The Bertz CT molecular complexity index is 185. The molecule has 0 rings (SSSR count). The van der Waals surface area contributed by atoms with Crippen LogP contribution in [-0.2, 0) is 14.3 Å². The number of ether oxygens (including phenoxy) is 2. The van der Waals surface area contributed by atoms with Gasteiger partial charge in [-0.15, -0.1) is 0 Å². The van der Waals surface area contributed by atoms with Gasteiger partial charge < -0.3 is 15.2 Å². The third kappa shape index (κ3) is 7.65. The Morgan fingerprint density at radius 1 is 1.31 bits per heavy atom. The van der Waals surface area contributed by atoms with Gasteiger partial charge in [-0.25, -0.2) is 0 Å². The lowest BCUT2D eigenvalue weighted by molar-refractivity contribution is -0.145. The molecule has 0 aliphatic heterocycles. The SMILES string of the molecule is CCCC(C)COCCC(N)C(=O)OCC. The van der Waals surface area contributed by atoms with Gasteiger partial charge in [0.2, 0.25) is 0 Å². The molecule has 2 N–H and O–H groups in total. The molecule has 0 aromatic carbocycles. The Labute approximate surface area is 98.5 Å². The fourth-order valence-electron chi connectivity index (χ4n) is 1.44. The molecule has 0 spiro atoms. The number of rotatable bonds is 9. The number of esters is 1. The van der Waals surface area contributed by atoms with E-state index in [0.29, 0.717) is 25.6 Å². The minimum atomic E-state index is -0.554. The van der Waals surface area contributed by atoms with Crippen molar-refractivity contribution in [2.24, 2.45) is 11.7 Å². The average Bonchev–Trinajstić information content (AvgIpc) is 2.24. The minimum Gasteiger partial charge on any atom is -0.465 e. The Morgan fingerprint density at radius 2 is 2.00 bits per heavy atom. The number of nitrogens with two attached hydrogens (primary N) is 1. The van der Waals surface area contributed by atoms with Crippen molar-refractivity contribution in [1.29, 1.82) is 0 Å². The minimum absolute atomic E-state index is 0.340. The number of hydrogen-bond donors (Lipinski definition) is 1. The first kappa shape index (κ1) is 15.4. The highest BCUT2D eigenvalue weighted by atomic mass is 16.5. The van der Waals surface area contributed by atoms with Gasteiger partial charge >= 0.3 is 5.97 Å². The van der Waals surface area contributed by atoms with Crippen LogP contribution in [0.4, 0.5) is 0 Å². The summed E-state index contributed by atoms with van der Waals surface area (Å²) in [7, 11) is 0. The molecule has 0 aliphatic carbocycles. The summed E-state index contributed by atoms with van der Waals surface area (Å²) in [5.41, 5.74) is 5.62. The smallest absolute Gasteiger partial charge is 0.322 e. The van der Waals surface area contributed by atoms with E-state index in [1.165, 1.54) is 12.8 Å². The lowest BCUT2D eigenvalue weighted by Crippen LogP contribution is -2.33. The van der Waals surface area contributed by atoms with Gasteiger partial charge in [-0.05, 0) is 25.7 Å². The average molecular weight is 231 g/mol. The van der Waals surface area contributed by atoms with Crippen molar-refractivity contribution in [2.75, 3.05) is 19.8 Å². The highest BCUT2D eigenvalue weighted by Gasteiger charge is 2.13. The van der Waals surface area contributed by atoms with Crippen LogP contribution in [0.15, 0.2) is 0 Å². The highest BCUT2D eigenvalue weighted by molar-refractivity contribution is 5.75. The molecule has 0 aromatic rings. The topological polar surface area (TPSA) is 61.5 Å². The van der Waals surface area contributed by atoms with Gasteiger partial charge in [0.05, 0.1) is 6.61 Å². The van der Waals surface area contributed by atoms with Crippen molar-refractivity contribution >= 4 is 5.97 Å². The molecular weight excluding hydrogens is 206 g/mol. The Balaban J connectivity index is 3.47. The lowest BCUT2D eigenvalue weighted by atomic mass is 10.1. The zero-order chi connectivity index (χ0) is 12.4. The van der Waals surface area contributed by atoms with Crippen LogP contribution in [0.25, 0.3) is 0 Å². The van der Waals surface area contributed by atoms with Gasteiger partial charge in [-0.2, -0.15) is 0 Å². The Kier molecular flexibility index (Phi) is 9.24. The summed E-state index contributed by atoms with van der Waals surface area (Å²) < 4.78 is 10.3. The molecule has 0 heterocycles. The van der Waals surface area contributed by atoms with E-state index in [4.69, 9.17) is 15.2 Å². The maximum atomic E-state index is 11.2. The van der Waals surface area contributed by atoms with Gasteiger partial charge in [0.25, 0.3) is 0 Å². The molecular formula is C12H25NO3. The molecule has 16 heavy (non-hydrogen) atoms. The van der Waals surface area contributed by atoms with Crippen LogP contribution >= 0.6 is 0 Å². The molecule has 4 nitrogen and oxygen atoms in total. The molecule has 0 bridgehead atoms. The van der Waals surface area contributed by atoms with Gasteiger partial charge in [-0.3, -0.25) is 4.79 Å². The van der Waals surface area contributed by atoms with Crippen LogP contribution in [0.1, 0.15) is 40.0 Å². The normalized spacial score (nSPS) is 14.5. The number of carbonyl (C=O) groups excluding carboxylic acids is 1. The molecule has 96 valence electrons. The predicted octanol–water partition coefficient (Wildman–Crippen LogP) is 1.72. The van der Waals surface area contributed by atoms with E-state index in [0.717, 1.165) is 6.61 Å². The fourth-order valence-corrected chi connectivity index (χ4v) is 1.44. The predicted molar refractivity (Wildman–Crippen MR) is 64.1 cm³/mol. The quantitative estimate of drug-likeness (QED) is 0.485. The van der Waals surface area contributed by atoms with E-state index >= 15 is 0 Å². The zero-order valence-corrected chi connectivity index (χ0v) is 10.7. The molecule has 0 aromatic heterocycles. The summed E-state index contributed by atoms with van der Waals surface area (Å²) in [6.45, 7) is 7.73.